The van der Waals surface area contributed by atoms with E-state index in [4.69, 9.17) is 4.52 Å². The van der Waals surface area contributed by atoms with Gasteiger partial charge in [-0.3, -0.25) is 9.69 Å². The average Bonchev–Trinajstić information content (AvgIpc) is 3.39. The van der Waals surface area contributed by atoms with Crippen molar-refractivity contribution in [3.05, 3.63) is 78.1 Å². The van der Waals surface area contributed by atoms with Gasteiger partial charge in [-0.2, -0.15) is 0 Å². The van der Waals surface area contributed by atoms with Crippen LogP contribution in [0, 0.1) is 0 Å². The maximum atomic E-state index is 12.5. The molecule has 1 saturated heterocycles. The van der Waals surface area contributed by atoms with Crippen molar-refractivity contribution in [2.75, 3.05) is 13.1 Å². The quantitative estimate of drug-likeness (QED) is 0.749. The number of hydrogen-bond donors (Lipinski definition) is 1. The highest BCUT2D eigenvalue weighted by Crippen LogP contribution is 2.25. The van der Waals surface area contributed by atoms with Crippen molar-refractivity contribution < 1.29 is 9.32 Å². The maximum Gasteiger partial charge on any atom is 0.290 e. The molecule has 3 aromatic rings. The molecule has 5 heteroatoms. The first kappa shape index (κ1) is 17.5. The molecular weight excluding hydrogens is 338 g/mol. The van der Waals surface area contributed by atoms with E-state index in [1.807, 2.05) is 36.4 Å². The Morgan fingerprint density at radius 1 is 1.15 bits per heavy atom. The third-order valence-electron chi connectivity index (χ3n) is 5.19. The molecule has 0 bridgehead atoms. The van der Waals surface area contributed by atoms with E-state index in [1.54, 1.807) is 6.07 Å². The summed E-state index contributed by atoms with van der Waals surface area (Å²) < 4.78 is 5.26. The smallest absolute Gasteiger partial charge is 0.290 e. The summed E-state index contributed by atoms with van der Waals surface area (Å²) in [7, 11) is 0. The summed E-state index contributed by atoms with van der Waals surface area (Å²) in [6.45, 7) is 4.01. The number of rotatable bonds is 5. The monoisotopic (exact) mass is 361 g/mol. The lowest BCUT2D eigenvalue weighted by atomic mass is 10.1. The number of nitrogens with zero attached hydrogens (tertiary/aromatic N) is 2. The zero-order valence-electron chi connectivity index (χ0n) is 15.3. The summed E-state index contributed by atoms with van der Waals surface area (Å²) in [4.78, 5) is 14.9. The van der Waals surface area contributed by atoms with Gasteiger partial charge in [0.2, 0.25) is 5.76 Å². The first-order chi connectivity index (χ1) is 13.2. The zero-order valence-corrected chi connectivity index (χ0v) is 15.3. The molecule has 2 heterocycles. The van der Waals surface area contributed by atoms with Gasteiger partial charge in [0.25, 0.3) is 5.91 Å². The van der Waals surface area contributed by atoms with Crippen molar-refractivity contribution in [2.24, 2.45) is 0 Å². The SMILES string of the molecule is CC(c1ccccc1)N1CCC(NC(=O)c2cc(-c3ccccc3)no2)C1. The summed E-state index contributed by atoms with van der Waals surface area (Å²) in [6.07, 6.45) is 0.933. The first-order valence-electron chi connectivity index (χ1n) is 9.32. The highest BCUT2D eigenvalue weighted by molar-refractivity contribution is 5.92. The highest BCUT2D eigenvalue weighted by Gasteiger charge is 2.28. The van der Waals surface area contributed by atoms with E-state index in [0.717, 1.165) is 25.1 Å². The minimum absolute atomic E-state index is 0.119. The Hall–Kier alpha value is -2.92. The van der Waals surface area contributed by atoms with E-state index >= 15 is 0 Å². The van der Waals surface area contributed by atoms with Gasteiger partial charge in [0.15, 0.2) is 0 Å². The summed E-state index contributed by atoms with van der Waals surface area (Å²) in [5, 5.41) is 7.10. The van der Waals surface area contributed by atoms with E-state index in [9.17, 15) is 4.79 Å². The summed E-state index contributed by atoms with van der Waals surface area (Å²) in [6, 6.07) is 22.3. The van der Waals surface area contributed by atoms with Gasteiger partial charge in [0, 0.05) is 36.8 Å². The van der Waals surface area contributed by atoms with E-state index in [2.05, 4.69) is 46.6 Å². The number of hydrogen-bond acceptors (Lipinski definition) is 4. The van der Waals surface area contributed by atoms with E-state index in [1.165, 1.54) is 5.56 Å². The average molecular weight is 361 g/mol. The molecule has 1 aliphatic heterocycles. The highest BCUT2D eigenvalue weighted by atomic mass is 16.5. The molecule has 5 nitrogen and oxygen atoms in total. The molecule has 1 fully saturated rings. The van der Waals surface area contributed by atoms with Crippen molar-refractivity contribution >= 4 is 5.91 Å². The van der Waals surface area contributed by atoms with E-state index < -0.39 is 0 Å². The standard InChI is InChI=1S/C22H23N3O2/c1-16(17-8-4-2-5-9-17)25-13-12-19(15-25)23-22(26)21-14-20(24-27-21)18-10-6-3-7-11-18/h2-11,14,16,19H,12-13,15H2,1H3,(H,23,26). The number of likely N-dealkylation sites (tertiary alicyclic amines) is 1. The van der Waals surface area contributed by atoms with Gasteiger partial charge in [-0.1, -0.05) is 65.8 Å². The molecular formula is C22H23N3O2. The summed E-state index contributed by atoms with van der Waals surface area (Å²) >= 11 is 0. The fourth-order valence-corrected chi connectivity index (χ4v) is 3.58. The van der Waals surface area contributed by atoms with Gasteiger partial charge < -0.3 is 9.84 Å². The van der Waals surface area contributed by atoms with E-state index in [0.29, 0.717) is 11.7 Å². The van der Waals surface area contributed by atoms with Crippen LogP contribution in [0.2, 0.25) is 0 Å². The van der Waals surface area contributed by atoms with Crippen molar-refractivity contribution in [1.82, 2.24) is 15.4 Å². The second-order valence-corrected chi connectivity index (χ2v) is 6.98. The first-order valence-corrected chi connectivity index (χ1v) is 9.32. The summed E-state index contributed by atoms with van der Waals surface area (Å²) in [5.41, 5.74) is 2.91. The predicted molar refractivity (Wildman–Crippen MR) is 104 cm³/mol. The third-order valence-corrected chi connectivity index (χ3v) is 5.19. The van der Waals surface area contributed by atoms with Crippen LogP contribution in [0.5, 0.6) is 0 Å². The second kappa shape index (κ2) is 7.76. The molecule has 2 atom stereocenters. The number of carbonyl (C=O) groups excluding carboxylic acids is 1. The van der Waals surface area contributed by atoms with Gasteiger partial charge in [0.1, 0.15) is 5.69 Å². The number of nitrogens with one attached hydrogen (secondary N) is 1. The van der Waals surface area contributed by atoms with Gasteiger partial charge in [-0.25, -0.2) is 0 Å². The van der Waals surface area contributed by atoms with Crippen molar-refractivity contribution in [1.29, 1.82) is 0 Å². The van der Waals surface area contributed by atoms with Crippen LogP contribution in [0.25, 0.3) is 11.3 Å². The molecule has 1 aromatic heterocycles. The fraction of sp³-hybridized carbons (Fsp3) is 0.273. The molecule has 4 rings (SSSR count). The Kier molecular flexibility index (Phi) is 5.03. The van der Waals surface area contributed by atoms with Crippen LogP contribution < -0.4 is 5.32 Å². The normalized spacial score (nSPS) is 18.3. The molecule has 0 radical (unpaired) electrons. The molecule has 1 amide bonds. The van der Waals surface area contributed by atoms with Gasteiger partial charge in [-0.15, -0.1) is 0 Å². The molecule has 2 aromatic carbocycles. The number of carbonyl (C=O) groups is 1. The van der Waals surface area contributed by atoms with Crippen LogP contribution in [-0.4, -0.2) is 35.1 Å². The Bertz CT molecular complexity index is 892. The Morgan fingerprint density at radius 2 is 1.85 bits per heavy atom. The molecule has 2 unspecified atom stereocenters. The zero-order chi connectivity index (χ0) is 18.6. The van der Waals surface area contributed by atoms with Crippen LogP contribution in [0.3, 0.4) is 0 Å². The molecule has 1 N–H and O–H groups in total. The Labute approximate surface area is 159 Å². The molecule has 0 aliphatic carbocycles. The predicted octanol–water partition coefficient (Wildman–Crippen LogP) is 3.91. The molecule has 0 spiro atoms. The molecule has 0 saturated carbocycles. The minimum atomic E-state index is -0.205. The number of aromatic nitrogens is 1. The van der Waals surface area contributed by atoms with Gasteiger partial charge in [-0.05, 0) is 18.9 Å². The molecule has 138 valence electrons. The topological polar surface area (TPSA) is 58.4 Å². The van der Waals surface area contributed by atoms with Crippen molar-refractivity contribution in [3.8, 4) is 11.3 Å². The Balaban J connectivity index is 1.36. The van der Waals surface area contributed by atoms with Crippen LogP contribution in [0.1, 0.15) is 35.5 Å². The van der Waals surface area contributed by atoms with E-state index in [-0.39, 0.29) is 17.7 Å². The Morgan fingerprint density at radius 3 is 2.59 bits per heavy atom. The van der Waals surface area contributed by atoms with Crippen LogP contribution in [0.4, 0.5) is 0 Å². The molecule has 1 aliphatic rings. The second-order valence-electron chi connectivity index (χ2n) is 6.98. The molecule has 27 heavy (non-hydrogen) atoms. The third kappa shape index (κ3) is 3.93. The van der Waals surface area contributed by atoms with Crippen LogP contribution in [0.15, 0.2) is 71.3 Å². The lowest BCUT2D eigenvalue weighted by Crippen LogP contribution is -2.37. The van der Waals surface area contributed by atoms with Crippen LogP contribution >= 0.6 is 0 Å². The van der Waals surface area contributed by atoms with Gasteiger partial charge >= 0.3 is 0 Å². The van der Waals surface area contributed by atoms with Gasteiger partial charge in [0.05, 0.1) is 0 Å². The van der Waals surface area contributed by atoms with Crippen LogP contribution in [-0.2, 0) is 0 Å². The number of amides is 1. The largest absolute Gasteiger partial charge is 0.350 e. The number of benzene rings is 2. The maximum absolute atomic E-state index is 12.5. The summed E-state index contributed by atoms with van der Waals surface area (Å²) in [5.74, 6) is 0.0484. The lowest BCUT2D eigenvalue weighted by molar-refractivity contribution is 0.0899. The minimum Gasteiger partial charge on any atom is -0.350 e. The lowest BCUT2D eigenvalue weighted by Gasteiger charge is -2.24. The van der Waals surface area contributed by atoms with Crippen molar-refractivity contribution in [3.63, 3.8) is 0 Å². The fourth-order valence-electron chi connectivity index (χ4n) is 3.58. The van der Waals surface area contributed by atoms with Crippen molar-refractivity contribution in [2.45, 2.75) is 25.4 Å².